The van der Waals surface area contributed by atoms with Gasteiger partial charge in [-0.15, -0.1) is 0 Å². The standard InChI is InChI=1S/C51H93NO7/c1-6-8-10-12-14-16-18-20-21-22-23-24-25-26-27-28-30-32-34-36-38-40-42-50(54)59-47(45-57-44-43-48(51(55)56)52(3,4)5)46-58-49(53)41-39-37-35-33-31-29-19-17-15-13-11-9-7-2/h14,16,20-21,23-24,47-48H,6-13,15,17-19,22,25-46H2,1-5H3/b16-14+,21-20+,24-23+. The lowest BCUT2D eigenvalue weighted by Gasteiger charge is -2.34. The van der Waals surface area contributed by atoms with Crippen molar-refractivity contribution < 1.29 is 38.2 Å². The number of likely N-dealkylation sites (N-methyl/N-ethyl adjacent to an activating group) is 1. The number of unbranched alkanes of at least 4 members (excludes halogenated alkanes) is 24. The zero-order valence-electron chi connectivity index (χ0n) is 39.2. The van der Waals surface area contributed by atoms with Crippen LogP contribution in [0.3, 0.4) is 0 Å². The van der Waals surface area contributed by atoms with Crippen molar-refractivity contribution in [2.45, 2.75) is 231 Å². The Hall–Kier alpha value is -2.45. The van der Waals surface area contributed by atoms with Gasteiger partial charge in [0, 0.05) is 19.3 Å². The fourth-order valence-electron chi connectivity index (χ4n) is 7.20. The highest BCUT2D eigenvalue weighted by Gasteiger charge is 2.25. The topological polar surface area (TPSA) is 102 Å². The molecule has 59 heavy (non-hydrogen) atoms. The minimum absolute atomic E-state index is 0.0413. The van der Waals surface area contributed by atoms with Crippen LogP contribution in [0.2, 0.25) is 0 Å². The number of esters is 2. The molecule has 2 unspecified atom stereocenters. The first kappa shape index (κ1) is 56.5. The van der Waals surface area contributed by atoms with Gasteiger partial charge in [0.15, 0.2) is 6.10 Å². The normalized spacial score (nSPS) is 13.2. The number of ether oxygens (including phenoxy) is 3. The van der Waals surface area contributed by atoms with Gasteiger partial charge in [0.1, 0.15) is 12.6 Å². The molecular formula is C51H93NO7. The third-order valence-corrected chi connectivity index (χ3v) is 11.0. The van der Waals surface area contributed by atoms with Crippen LogP contribution in [0.25, 0.3) is 0 Å². The predicted octanol–water partition coefficient (Wildman–Crippen LogP) is 12.5. The summed E-state index contributed by atoms with van der Waals surface area (Å²) in [6.07, 6.45) is 48.8. The molecule has 0 rings (SSSR count). The van der Waals surface area contributed by atoms with E-state index in [0.717, 1.165) is 57.8 Å². The fourth-order valence-corrected chi connectivity index (χ4v) is 7.20. The number of hydrogen-bond donors (Lipinski definition) is 0. The Morgan fingerprint density at radius 2 is 0.898 bits per heavy atom. The molecule has 0 heterocycles. The van der Waals surface area contributed by atoms with Crippen LogP contribution in [-0.2, 0) is 28.6 Å². The van der Waals surface area contributed by atoms with Crippen molar-refractivity contribution in [1.29, 1.82) is 0 Å². The van der Waals surface area contributed by atoms with Crippen molar-refractivity contribution in [1.82, 2.24) is 0 Å². The van der Waals surface area contributed by atoms with Gasteiger partial charge in [-0.2, -0.15) is 0 Å². The van der Waals surface area contributed by atoms with E-state index >= 15 is 0 Å². The molecule has 0 aromatic rings. The van der Waals surface area contributed by atoms with Crippen LogP contribution in [0.4, 0.5) is 0 Å². The zero-order valence-corrected chi connectivity index (χ0v) is 39.2. The number of quaternary nitrogens is 1. The lowest BCUT2D eigenvalue weighted by molar-refractivity contribution is -0.889. The Balaban J connectivity index is 4.25. The zero-order chi connectivity index (χ0) is 43.5. The van der Waals surface area contributed by atoms with Gasteiger partial charge in [0.2, 0.25) is 0 Å². The van der Waals surface area contributed by atoms with Crippen LogP contribution in [0.1, 0.15) is 219 Å². The van der Waals surface area contributed by atoms with Crippen molar-refractivity contribution >= 4 is 17.9 Å². The highest BCUT2D eigenvalue weighted by Crippen LogP contribution is 2.15. The molecule has 0 spiro atoms. The summed E-state index contributed by atoms with van der Waals surface area (Å²) in [5, 5.41) is 11.6. The average molecular weight is 832 g/mol. The van der Waals surface area contributed by atoms with Gasteiger partial charge in [0.05, 0.1) is 40.3 Å². The smallest absolute Gasteiger partial charge is 0.306 e. The summed E-state index contributed by atoms with van der Waals surface area (Å²) in [6.45, 7) is 4.65. The van der Waals surface area contributed by atoms with Crippen molar-refractivity contribution in [2.75, 3.05) is 41.0 Å². The van der Waals surface area contributed by atoms with Gasteiger partial charge in [-0.3, -0.25) is 9.59 Å². The molecule has 0 fully saturated rings. The van der Waals surface area contributed by atoms with Crippen molar-refractivity contribution in [2.24, 2.45) is 0 Å². The van der Waals surface area contributed by atoms with E-state index in [0.29, 0.717) is 12.8 Å². The number of nitrogens with zero attached hydrogens (tertiary/aromatic N) is 1. The van der Waals surface area contributed by atoms with Gasteiger partial charge in [-0.25, -0.2) is 0 Å². The van der Waals surface area contributed by atoms with E-state index in [1.807, 2.05) is 0 Å². The van der Waals surface area contributed by atoms with Gasteiger partial charge in [0.25, 0.3) is 0 Å². The lowest BCUT2D eigenvalue weighted by Crippen LogP contribution is -2.55. The molecule has 0 amide bonds. The predicted molar refractivity (Wildman–Crippen MR) is 245 cm³/mol. The first-order chi connectivity index (χ1) is 28.6. The maximum atomic E-state index is 12.8. The number of hydrogen-bond acceptors (Lipinski definition) is 7. The van der Waals surface area contributed by atoms with Crippen LogP contribution < -0.4 is 5.11 Å². The van der Waals surface area contributed by atoms with E-state index in [9.17, 15) is 19.5 Å². The molecule has 0 aliphatic rings. The number of carboxylic acids is 1. The van der Waals surface area contributed by atoms with Gasteiger partial charge in [-0.1, -0.05) is 185 Å². The second-order valence-corrected chi connectivity index (χ2v) is 17.7. The summed E-state index contributed by atoms with van der Waals surface area (Å²) < 4.78 is 17.2. The Kier molecular flexibility index (Phi) is 40.5. The minimum atomic E-state index is -1.12. The Morgan fingerprint density at radius 3 is 1.36 bits per heavy atom. The van der Waals surface area contributed by atoms with Crippen molar-refractivity contribution in [3.8, 4) is 0 Å². The maximum absolute atomic E-state index is 12.8. The Morgan fingerprint density at radius 1 is 0.508 bits per heavy atom. The molecule has 344 valence electrons. The highest BCUT2D eigenvalue weighted by molar-refractivity contribution is 5.70. The SMILES string of the molecule is CCCCC/C=C/C/C=C/C/C=C/CCCCCCCCCCCC(=O)OC(COCCC(C(=O)[O-])[N+](C)(C)C)COC(=O)CCCCCCCCCCCCCCC. The first-order valence-corrected chi connectivity index (χ1v) is 24.5. The molecular weight excluding hydrogens is 739 g/mol. The minimum Gasteiger partial charge on any atom is -0.544 e. The van der Waals surface area contributed by atoms with Crippen LogP contribution in [0.15, 0.2) is 36.5 Å². The summed E-state index contributed by atoms with van der Waals surface area (Å²) >= 11 is 0. The molecule has 0 aliphatic carbocycles. The van der Waals surface area contributed by atoms with E-state index in [1.165, 1.54) is 128 Å². The number of carboxylic acid groups (broad SMARTS) is 1. The van der Waals surface area contributed by atoms with Gasteiger partial charge in [-0.05, 0) is 51.4 Å². The van der Waals surface area contributed by atoms with Gasteiger partial charge < -0.3 is 28.6 Å². The third kappa shape index (κ3) is 40.7. The quantitative estimate of drug-likeness (QED) is 0.0261. The second-order valence-electron chi connectivity index (χ2n) is 17.7. The Bertz CT molecular complexity index is 1060. The molecule has 0 saturated heterocycles. The van der Waals surface area contributed by atoms with Crippen molar-refractivity contribution in [3.63, 3.8) is 0 Å². The molecule has 8 nitrogen and oxygen atoms in total. The number of rotatable bonds is 44. The summed E-state index contributed by atoms with van der Waals surface area (Å²) in [4.78, 5) is 36.9. The molecule has 2 atom stereocenters. The molecule has 0 aromatic heterocycles. The number of carbonyl (C=O) groups excluding carboxylic acids is 3. The van der Waals surface area contributed by atoms with Crippen LogP contribution in [0.5, 0.6) is 0 Å². The molecule has 0 N–H and O–H groups in total. The monoisotopic (exact) mass is 832 g/mol. The molecule has 0 bridgehead atoms. The molecule has 8 heteroatoms. The average Bonchev–Trinajstić information content (AvgIpc) is 3.19. The van der Waals surface area contributed by atoms with E-state index < -0.39 is 18.1 Å². The van der Waals surface area contributed by atoms with E-state index in [2.05, 4.69) is 50.3 Å². The molecule has 0 aliphatic heterocycles. The largest absolute Gasteiger partial charge is 0.544 e. The molecule has 0 radical (unpaired) electrons. The highest BCUT2D eigenvalue weighted by atomic mass is 16.6. The Labute approximate surface area is 364 Å². The molecule has 0 saturated carbocycles. The lowest BCUT2D eigenvalue weighted by atomic mass is 10.0. The molecule has 0 aromatic carbocycles. The maximum Gasteiger partial charge on any atom is 0.306 e. The van der Waals surface area contributed by atoms with E-state index in [1.54, 1.807) is 21.1 Å². The summed E-state index contributed by atoms with van der Waals surface area (Å²) in [7, 11) is 5.41. The third-order valence-electron chi connectivity index (χ3n) is 11.0. The fraction of sp³-hybridized carbons (Fsp3) is 0.824. The van der Waals surface area contributed by atoms with E-state index in [-0.39, 0.29) is 42.7 Å². The number of carbonyl (C=O) groups is 3. The summed E-state index contributed by atoms with van der Waals surface area (Å²) in [5.74, 6) is -1.73. The van der Waals surface area contributed by atoms with Crippen molar-refractivity contribution in [3.05, 3.63) is 36.5 Å². The van der Waals surface area contributed by atoms with Crippen LogP contribution in [-0.4, -0.2) is 75.5 Å². The van der Waals surface area contributed by atoms with E-state index in [4.69, 9.17) is 14.2 Å². The number of allylic oxidation sites excluding steroid dienone is 6. The summed E-state index contributed by atoms with van der Waals surface area (Å²) in [6, 6.07) is -0.725. The first-order valence-electron chi connectivity index (χ1n) is 24.5. The van der Waals surface area contributed by atoms with Crippen LogP contribution in [0, 0.1) is 0 Å². The number of aliphatic carboxylic acids is 1. The van der Waals surface area contributed by atoms with Crippen LogP contribution >= 0.6 is 0 Å². The summed E-state index contributed by atoms with van der Waals surface area (Å²) in [5.41, 5.74) is 0. The second kappa shape index (κ2) is 42.2. The van der Waals surface area contributed by atoms with Gasteiger partial charge >= 0.3 is 11.9 Å².